The van der Waals surface area contributed by atoms with E-state index in [4.69, 9.17) is 16.3 Å². The van der Waals surface area contributed by atoms with E-state index in [2.05, 4.69) is 4.98 Å². The van der Waals surface area contributed by atoms with Crippen LogP contribution in [0.4, 0.5) is 0 Å². The summed E-state index contributed by atoms with van der Waals surface area (Å²) in [5, 5.41) is 9.99. The number of nitrogens with zero attached hydrogens (tertiary/aromatic N) is 1. The number of halogens is 1. The number of para-hydroxylation sites is 2. The van der Waals surface area contributed by atoms with Crippen molar-refractivity contribution in [2.45, 2.75) is 0 Å². The molecule has 0 unspecified atom stereocenters. The van der Waals surface area contributed by atoms with Crippen LogP contribution in [0.15, 0.2) is 42.6 Å². The minimum Gasteiger partial charge on any atom is -0.504 e. The topological polar surface area (TPSA) is 42.4 Å². The van der Waals surface area contributed by atoms with E-state index in [0.717, 1.165) is 0 Å². The van der Waals surface area contributed by atoms with Gasteiger partial charge in [0, 0.05) is 12.3 Å². The molecule has 0 saturated heterocycles. The highest BCUT2D eigenvalue weighted by molar-refractivity contribution is 6.30. The lowest BCUT2D eigenvalue weighted by Crippen LogP contribution is -1.87. The number of phenols is 1. The van der Waals surface area contributed by atoms with Gasteiger partial charge in [-0.25, -0.2) is 4.98 Å². The van der Waals surface area contributed by atoms with E-state index >= 15 is 0 Å². The Labute approximate surface area is 91.9 Å². The van der Waals surface area contributed by atoms with Gasteiger partial charge in [-0.15, -0.1) is 0 Å². The molecule has 2 rings (SSSR count). The molecule has 76 valence electrons. The molecule has 0 fully saturated rings. The molecule has 0 spiro atoms. The molecule has 4 heteroatoms. The third kappa shape index (κ3) is 2.39. The van der Waals surface area contributed by atoms with Crippen LogP contribution in [0.1, 0.15) is 0 Å². The number of pyridine rings is 1. The number of rotatable bonds is 2. The predicted octanol–water partition coefficient (Wildman–Crippen LogP) is 3.23. The van der Waals surface area contributed by atoms with Crippen LogP contribution in [0.3, 0.4) is 0 Å². The van der Waals surface area contributed by atoms with Gasteiger partial charge in [-0.1, -0.05) is 23.7 Å². The first-order chi connectivity index (χ1) is 7.25. The van der Waals surface area contributed by atoms with Gasteiger partial charge in [-0.3, -0.25) is 0 Å². The van der Waals surface area contributed by atoms with E-state index in [-0.39, 0.29) is 5.75 Å². The molecule has 0 aliphatic rings. The molecule has 15 heavy (non-hydrogen) atoms. The van der Waals surface area contributed by atoms with Crippen molar-refractivity contribution in [1.29, 1.82) is 0 Å². The summed E-state index contributed by atoms with van der Waals surface area (Å²) in [6, 6.07) is 10.00. The second-order valence-electron chi connectivity index (χ2n) is 2.88. The highest BCUT2D eigenvalue weighted by Crippen LogP contribution is 2.28. The molecule has 0 aliphatic carbocycles. The van der Waals surface area contributed by atoms with E-state index in [1.807, 2.05) is 0 Å². The second kappa shape index (κ2) is 4.19. The lowest BCUT2D eigenvalue weighted by molar-refractivity contribution is 0.403. The lowest BCUT2D eigenvalue weighted by atomic mass is 10.3. The number of hydrogen-bond acceptors (Lipinski definition) is 3. The first-order valence-electron chi connectivity index (χ1n) is 4.33. The summed E-state index contributed by atoms with van der Waals surface area (Å²) in [4.78, 5) is 3.95. The SMILES string of the molecule is Oc1ccccc1Oc1ccc(Cl)cn1. The molecule has 0 amide bonds. The summed E-state index contributed by atoms with van der Waals surface area (Å²) in [6.45, 7) is 0. The summed E-state index contributed by atoms with van der Waals surface area (Å²) in [6.07, 6.45) is 1.48. The van der Waals surface area contributed by atoms with E-state index in [1.165, 1.54) is 6.20 Å². The van der Waals surface area contributed by atoms with E-state index in [1.54, 1.807) is 36.4 Å². The van der Waals surface area contributed by atoms with Crippen LogP contribution in [-0.4, -0.2) is 10.1 Å². The Bertz CT molecular complexity index is 456. The van der Waals surface area contributed by atoms with Crippen LogP contribution in [0.2, 0.25) is 5.02 Å². The van der Waals surface area contributed by atoms with Crippen molar-refractivity contribution < 1.29 is 9.84 Å². The Morgan fingerprint density at radius 1 is 1.13 bits per heavy atom. The first kappa shape index (κ1) is 9.80. The smallest absolute Gasteiger partial charge is 0.219 e. The minimum absolute atomic E-state index is 0.0780. The molecule has 1 N–H and O–H groups in total. The summed E-state index contributed by atoms with van der Waals surface area (Å²) in [5.41, 5.74) is 0. The van der Waals surface area contributed by atoms with Crippen LogP contribution in [0, 0.1) is 0 Å². The van der Waals surface area contributed by atoms with Crippen LogP contribution >= 0.6 is 11.6 Å². The van der Waals surface area contributed by atoms with Crippen molar-refractivity contribution in [3.63, 3.8) is 0 Å². The van der Waals surface area contributed by atoms with Gasteiger partial charge >= 0.3 is 0 Å². The zero-order valence-electron chi connectivity index (χ0n) is 7.72. The van der Waals surface area contributed by atoms with Crippen molar-refractivity contribution in [1.82, 2.24) is 4.98 Å². The van der Waals surface area contributed by atoms with Crippen molar-refractivity contribution in [2.75, 3.05) is 0 Å². The largest absolute Gasteiger partial charge is 0.504 e. The Hall–Kier alpha value is -1.74. The lowest BCUT2D eigenvalue weighted by Gasteiger charge is -2.05. The highest BCUT2D eigenvalue weighted by Gasteiger charge is 2.02. The van der Waals surface area contributed by atoms with Gasteiger partial charge in [-0.05, 0) is 18.2 Å². The van der Waals surface area contributed by atoms with Crippen molar-refractivity contribution >= 4 is 11.6 Å². The summed E-state index contributed by atoms with van der Waals surface area (Å²) < 4.78 is 5.34. The van der Waals surface area contributed by atoms with Crippen LogP contribution < -0.4 is 4.74 Å². The molecule has 0 radical (unpaired) electrons. The molecule has 0 aliphatic heterocycles. The third-order valence-corrected chi connectivity index (χ3v) is 2.00. The second-order valence-corrected chi connectivity index (χ2v) is 3.32. The Kier molecular flexibility index (Phi) is 2.74. The minimum atomic E-state index is 0.0780. The van der Waals surface area contributed by atoms with E-state index in [9.17, 15) is 5.11 Å². The number of benzene rings is 1. The molecule has 0 saturated carbocycles. The fraction of sp³-hybridized carbons (Fsp3) is 0. The molecule has 1 aromatic carbocycles. The van der Waals surface area contributed by atoms with Crippen molar-refractivity contribution in [2.24, 2.45) is 0 Å². The monoisotopic (exact) mass is 221 g/mol. The molecular weight excluding hydrogens is 214 g/mol. The Morgan fingerprint density at radius 2 is 1.93 bits per heavy atom. The van der Waals surface area contributed by atoms with Gasteiger partial charge in [0.25, 0.3) is 0 Å². The van der Waals surface area contributed by atoms with Gasteiger partial charge in [0.15, 0.2) is 11.5 Å². The molecule has 3 nitrogen and oxygen atoms in total. The summed E-state index contributed by atoms with van der Waals surface area (Å²) >= 11 is 5.68. The average molecular weight is 222 g/mol. The molecule has 1 aromatic heterocycles. The van der Waals surface area contributed by atoms with E-state index < -0.39 is 0 Å². The predicted molar refractivity (Wildman–Crippen MR) is 57.4 cm³/mol. The number of aromatic hydroxyl groups is 1. The van der Waals surface area contributed by atoms with Crippen molar-refractivity contribution in [3.05, 3.63) is 47.6 Å². The average Bonchev–Trinajstić information content (AvgIpc) is 2.25. The van der Waals surface area contributed by atoms with Crippen LogP contribution in [0.5, 0.6) is 17.4 Å². The standard InChI is InChI=1S/C11H8ClNO2/c12-8-5-6-11(13-7-8)15-10-4-2-1-3-9(10)14/h1-7,14H. The number of phenolic OH excluding ortho intramolecular Hbond substituents is 1. The maximum atomic E-state index is 9.45. The first-order valence-corrected chi connectivity index (χ1v) is 4.71. The van der Waals surface area contributed by atoms with Gasteiger partial charge in [0.2, 0.25) is 5.88 Å². The van der Waals surface area contributed by atoms with Gasteiger partial charge in [0.05, 0.1) is 5.02 Å². The quantitative estimate of drug-likeness (QED) is 0.847. The molecule has 0 atom stereocenters. The van der Waals surface area contributed by atoms with E-state index in [0.29, 0.717) is 16.7 Å². The highest BCUT2D eigenvalue weighted by atomic mass is 35.5. The summed E-state index contributed by atoms with van der Waals surface area (Å²) in [7, 11) is 0. The third-order valence-electron chi connectivity index (χ3n) is 1.78. The fourth-order valence-corrected chi connectivity index (χ4v) is 1.19. The maximum absolute atomic E-state index is 9.45. The zero-order valence-corrected chi connectivity index (χ0v) is 8.48. The molecule has 0 bridgehead atoms. The Balaban J connectivity index is 2.22. The summed E-state index contributed by atoms with van der Waals surface area (Å²) in [5.74, 6) is 0.836. The van der Waals surface area contributed by atoms with Crippen LogP contribution in [-0.2, 0) is 0 Å². The Morgan fingerprint density at radius 3 is 2.60 bits per heavy atom. The molecule has 2 aromatic rings. The fourth-order valence-electron chi connectivity index (χ4n) is 1.08. The number of aromatic nitrogens is 1. The zero-order chi connectivity index (χ0) is 10.7. The molecule has 1 heterocycles. The molecular formula is C11H8ClNO2. The number of hydrogen-bond donors (Lipinski definition) is 1. The van der Waals surface area contributed by atoms with Gasteiger partial charge in [-0.2, -0.15) is 0 Å². The maximum Gasteiger partial charge on any atom is 0.219 e. The van der Waals surface area contributed by atoms with Gasteiger partial charge < -0.3 is 9.84 Å². The van der Waals surface area contributed by atoms with Gasteiger partial charge in [0.1, 0.15) is 0 Å². The normalized spacial score (nSPS) is 9.93. The van der Waals surface area contributed by atoms with Crippen LogP contribution in [0.25, 0.3) is 0 Å². The van der Waals surface area contributed by atoms with Crippen molar-refractivity contribution in [3.8, 4) is 17.4 Å². The number of ether oxygens (including phenoxy) is 1.